The van der Waals surface area contributed by atoms with Crippen LogP contribution in [0.1, 0.15) is 52.4 Å². The Morgan fingerprint density at radius 1 is 1.23 bits per heavy atom. The summed E-state index contributed by atoms with van der Waals surface area (Å²) in [6.45, 7) is 6.59. The number of halogens is 1. The van der Waals surface area contributed by atoms with Gasteiger partial charge in [0, 0.05) is 32.1 Å². The van der Waals surface area contributed by atoms with Crippen molar-refractivity contribution in [1.82, 2.24) is 9.80 Å². The summed E-state index contributed by atoms with van der Waals surface area (Å²) in [4.78, 5) is 28.2. The number of piperidine rings is 1. The highest BCUT2D eigenvalue weighted by atomic mass is 35.5. The molecule has 0 spiro atoms. The number of rotatable bonds is 2. The summed E-state index contributed by atoms with van der Waals surface area (Å²) >= 11 is 0. The van der Waals surface area contributed by atoms with Gasteiger partial charge in [-0.25, -0.2) is 0 Å². The van der Waals surface area contributed by atoms with Gasteiger partial charge < -0.3 is 15.5 Å². The monoisotopic (exact) mass is 331 g/mol. The first-order chi connectivity index (χ1) is 9.90. The third kappa shape index (κ3) is 4.85. The van der Waals surface area contributed by atoms with Gasteiger partial charge in [0.1, 0.15) is 0 Å². The SMILES string of the molecule is CC1(C)CN(C(=O)CN2CCCCCCC2=O)CCC1N.Cl. The first kappa shape index (κ1) is 19.2. The van der Waals surface area contributed by atoms with Gasteiger partial charge in [0.05, 0.1) is 6.54 Å². The summed E-state index contributed by atoms with van der Waals surface area (Å²) in [7, 11) is 0. The van der Waals surface area contributed by atoms with Crippen LogP contribution < -0.4 is 5.73 Å². The Balaban J connectivity index is 0.00000242. The standard InChI is InChI=1S/C16H29N3O2.ClH/c1-16(2)12-19(10-8-13(16)17)15(21)11-18-9-6-4-3-5-7-14(18)20;/h13H,3-12,17H2,1-2H3;1H. The minimum absolute atomic E-state index is 0. The van der Waals surface area contributed by atoms with E-state index >= 15 is 0 Å². The topological polar surface area (TPSA) is 66.6 Å². The van der Waals surface area contributed by atoms with E-state index in [1.807, 2.05) is 4.90 Å². The van der Waals surface area contributed by atoms with E-state index in [0.717, 1.165) is 38.6 Å². The highest BCUT2D eigenvalue weighted by Gasteiger charge is 2.35. The molecule has 1 atom stereocenters. The number of amides is 2. The zero-order valence-corrected chi connectivity index (χ0v) is 14.7. The van der Waals surface area contributed by atoms with E-state index < -0.39 is 0 Å². The molecule has 0 radical (unpaired) electrons. The van der Waals surface area contributed by atoms with Crippen LogP contribution in [0.4, 0.5) is 0 Å². The van der Waals surface area contributed by atoms with Gasteiger partial charge >= 0.3 is 0 Å². The lowest BCUT2D eigenvalue weighted by Crippen LogP contribution is -2.55. The van der Waals surface area contributed by atoms with E-state index in [1.54, 1.807) is 4.90 Å². The van der Waals surface area contributed by atoms with Gasteiger partial charge in [0.25, 0.3) is 0 Å². The predicted molar refractivity (Wildman–Crippen MR) is 89.9 cm³/mol. The zero-order valence-electron chi connectivity index (χ0n) is 13.8. The van der Waals surface area contributed by atoms with E-state index in [2.05, 4.69) is 13.8 Å². The molecule has 1 unspecified atom stereocenters. The third-order valence-corrected chi connectivity index (χ3v) is 4.91. The van der Waals surface area contributed by atoms with Crippen molar-refractivity contribution in [3.63, 3.8) is 0 Å². The molecule has 0 aromatic heterocycles. The van der Waals surface area contributed by atoms with E-state index in [1.165, 1.54) is 0 Å². The van der Waals surface area contributed by atoms with Crippen molar-refractivity contribution in [2.45, 2.75) is 58.4 Å². The van der Waals surface area contributed by atoms with Crippen LogP contribution in [0.15, 0.2) is 0 Å². The van der Waals surface area contributed by atoms with Gasteiger partial charge in [0.2, 0.25) is 11.8 Å². The molecular weight excluding hydrogens is 302 g/mol. The second-order valence-corrected chi connectivity index (χ2v) is 7.18. The van der Waals surface area contributed by atoms with E-state index in [0.29, 0.717) is 19.5 Å². The van der Waals surface area contributed by atoms with Crippen LogP contribution in [-0.4, -0.2) is 53.8 Å². The first-order valence-electron chi connectivity index (χ1n) is 8.21. The van der Waals surface area contributed by atoms with Crippen molar-refractivity contribution >= 4 is 24.2 Å². The molecule has 128 valence electrons. The largest absolute Gasteiger partial charge is 0.341 e. The molecule has 2 fully saturated rings. The lowest BCUT2D eigenvalue weighted by atomic mass is 9.79. The molecule has 2 rings (SSSR count). The van der Waals surface area contributed by atoms with Crippen molar-refractivity contribution in [1.29, 1.82) is 0 Å². The Bertz CT molecular complexity index is 401. The Morgan fingerprint density at radius 2 is 1.91 bits per heavy atom. The number of carbonyl (C=O) groups is 2. The van der Waals surface area contributed by atoms with Crippen molar-refractivity contribution < 1.29 is 9.59 Å². The second-order valence-electron chi connectivity index (χ2n) is 7.18. The van der Waals surface area contributed by atoms with Crippen LogP contribution in [0.3, 0.4) is 0 Å². The number of likely N-dealkylation sites (tertiary alicyclic amines) is 2. The van der Waals surface area contributed by atoms with Crippen LogP contribution in [0.2, 0.25) is 0 Å². The normalized spacial score (nSPS) is 26.0. The van der Waals surface area contributed by atoms with Gasteiger partial charge in [-0.1, -0.05) is 26.7 Å². The fraction of sp³-hybridized carbons (Fsp3) is 0.875. The molecule has 0 bridgehead atoms. The van der Waals surface area contributed by atoms with Crippen molar-refractivity contribution in [3.8, 4) is 0 Å². The van der Waals surface area contributed by atoms with Crippen molar-refractivity contribution in [2.24, 2.45) is 11.1 Å². The van der Waals surface area contributed by atoms with E-state index in [-0.39, 0.29) is 42.2 Å². The summed E-state index contributed by atoms with van der Waals surface area (Å²) in [5.74, 6) is 0.208. The van der Waals surface area contributed by atoms with E-state index in [9.17, 15) is 9.59 Å². The lowest BCUT2D eigenvalue weighted by molar-refractivity contribution is -0.142. The smallest absolute Gasteiger partial charge is 0.242 e. The van der Waals surface area contributed by atoms with Gasteiger partial charge in [-0.15, -0.1) is 12.4 Å². The van der Waals surface area contributed by atoms with Crippen LogP contribution in [-0.2, 0) is 9.59 Å². The van der Waals surface area contributed by atoms with Crippen LogP contribution in [0.5, 0.6) is 0 Å². The summed E-state index contributed by atoms with van der Waals surface area (Å²) in [6.07, 6.45) is 5.68. The average Bonchev–Trinajstić information content (AvgIpc) is 2.41. The molecule has 5 nitrogen and oxygen atoms in total. The molecule has 0 aromatic carbocycles. The molecule has 0 aliphatic carbocycles. The zero-order chi connectivity index (χ0) is 15.5. The third-order valence-electron chi connectivity index (χ3n) is 4.91. The van der Waals surface area contributed by atoms with Gasteiger partial charge in [-0.3, -0.25) is 9.59 Å². The molecule has 2 aliphatic heterocycles. The molecule has 2 N–H and O–H groups in total. The van der Waals surface area contributed by atoms with Crippen LogP contribution in [0, 0.1) is 5.41 Å². The average molecular weight is 332 g/mol. The number of nitrogens with two attached hydrogens (primary N) is 1. The Morgan fingerprint density at radius 3 is 2.59 bits per heavy atom. The van der Waals surface area contributed by atoms with E-state index in [4.69, 9.17) is 5.73 Å². The Kier molecular flexibility index (Phi) is 7.13. The number of carbonyl (C=O) groups excluding carboxylic acids is 2. The Hall–Kier alpha value is -0.810. The molecule has 6 heteroatoms. The van der Waals surface area contributed by atoms with Crippen molar-refractivity contribution in [3.05, 3.63) is 0 Å². The van der Waals surface area contributed by atoms with Gasteiger partial charge in [0.15, 0.2) is 0 Å². The van der Waals surface area contributed by atoms with Crippen molar-refractivity contribution in [2.75, 3.05) is 26.2 Å². The molecule has 22 heavy (non-hydrogen) atoms. The maximum Gasteiger partial charge on any atom is 0.242 e. The molecule has 2 heterocycles. The molecule has 2 saturated heterocycles. The number of hydrogen-bond donors (Lipinski definition) is 1. The molecule has 2 amide bonds. The Labute approximate surface area is 140 Å². The minimum atomic E-state index is -0.0474. The predicted octanol–water partition coefficient (Wildman–Crippen LogP) is 1.79. The van der Waals surface area contributed by atoms with Crippen LogP contribution in [0.25, 0.3) is 0 Å². The quantitative estimate of drug-likeness (QED) is 0.838. The maximum absolute atomic E-state index is 12.5. The fourth-order valence-electron chi connectivity index (χ4n) is 3.23. The van der Waals surface area contributed by atoms with Crippen LogP contribution >= 0.6 is 12.4 Å². The minimum Gasteiger partial charge on any atom is -0.341 e. The molecule has 0 aromatic rings. The number of hydrogen-bond acceptors (Lipinski definition) is 3. The lowest BCUT2D eigenvalue weighted by Gasteiger charge is -2.43. The second kappa shape index (κ2) is 8.16. The van der Waals surface area contributed by atoms with Gasteiger partial charge in [-0.05, 0) is 24.7 Å². The maximum atomic E-state index is 12.5. The summed E-state index contributed by atoms with van der Waals surface area (Å²) in [5, 5.41) is 0. The highest BCUT2D eigenvalue weighted by Crippen LogP contribution is 2.27. The highest BCUT2D eigenvalue weighted by molar-refractivity contribution is 5.85. The summed E-state index contributed by atoms with van der Waals surface area (Å²) in [6, 6.07) is 0.143. The summed E-state index contributed by atoms with van der Waals surface area (Å²) < 4.78 is 0. The van der Waals surface area contributed by atoms with Gasteiger partial charge in [-0.2, -0.15) is 0 Å². The fourth-order valence-corrected chi connectivity index (χ4v) is 3.23. The summed E-state index contributed by atoms with van der Waals surface area (Å²) in [5.41, 5.74) is 6.07. The molecule has 0 saturated carbocycles. The first-order valence-corrected chi connectivity index (χ1v) is 8.21. The molecular formula is C16H30ClN3O2. The number of nitrogens with zero attached hydrogens (tertiary/aromatic N) is 2. The molecule has 2 aliphatic rings.